The number of aromatic nitrogens is 2. The molecule has 150 valence electrons. The molecule has 0 bridgehead atoms. The third-order valence-corrected chi connectivity index (χ3v) is 4.04. The molecule has 6 nitrogen and oxygen atoms in total. The molecule has 1 unspecified atom stereocenters. The van der Waals surface area contributed by atoms with Crippen LogP contribution in [0.25, 0.3) is 11.3 Å². The van der Waals surface area contributed by atoms with Crippen LogP contribution in [0.4, 0.5) is 18.9 Å². The molecule has 9 heteroatoms. The van der Waals surface area contributed by atoms with Gasteiger partial charge in [-0.15, -0.1) is 0 Å². The first-order valence-electron chi connectivity index (χ1n) is 8.55. The molecule has 0 saturated heterocycles. The fraction of sp³-hybridized carbons (Fsp3) is 0.150. The molecule has 1 N–H and O–H groups in total. The van der Waals surface area contributed by atoms with Crippen molar-refractivity contribution in [3.63, 3.8) is 0 Å². The third-order valence-electron chi connectivity index (χ3n) is 4.04. The molecule has 1 heterocycles. The summed E-state index contributed by atoms with van der Waals surface area (Å²) >= 11 is 0. The smallest absolute Gasteiger partial charge is 0.387 e. The van der Waals surface area contributed by atoms with E-state index in [0.29, 0.717) is 11.3 Å². The van der Waals surface area contributed by atoms with Crippen LogP contribution in [0.5, 0.6) is 5.75 Å². The predicted molar refractivity (Wildman–Crippen MR) is 100 cm³/mol. The summed E-state index contributed by atoms with van der Waals surface area (Å²) in [4.78, 5) is 24.7. The molecule has 1 aromatic heterocycles. The van der Waals surface area contributed by atoms with Gasteiger partial charge in [0, 0.05) is 23.4 Å². The van der Waals surface area contributed by atoms with Gasteiger partial charge in [-0.05, 0) is 49.4 Å². The maximum Gasteiger partial charge on any atom is 0.387 e. The van der Waals surface area contributed by atoms with Crippen molar-refractivity contribution in [2.24, 2.45) is 0 Å². The molecule has 0 aliphatic heterocycles. The highest BCUT2D eigenvalue weighted by Crippen LogP contribution is 2.21. The van der Waals surface area contributed by atoms with Crippen LogP contribution in [0.1, 0.15) is 13.0 Å². The number of nitrogens with zero attached hydrogens (tertiary/aromatic N) is 2. The van der Waals surface area contributed by atoms with E-state index in [-0.39, 0.29) is 11.4 Å². The van der Waals surface area contributed by atoms with Gasteiger partial charge in [-0.3, -0.25) is 9.59 Å². The average Bonchev–Trinajstić information content (AvgIpc) is 2.68. The lowest BCUT2D eigenvalue weighted by atomic mass is 10.1. The summed E-state index contributed by atoms with van der Waals surface area (Å²) in [7, 11) is 0. The normalized spacial score (nSPS) is 11.9. The highest BCUT2D eigenvalue weighted by atomic mass is 19.3. The number of rotatable bonds is 6. The van der Waals surface area contributed by atoms with Crippen molar-refractivity contribution >= 4 is 11.6 Å². The number of carbonyl (C=O) groups is 1. The van der Waals surface area contributed by atoms with Gasteiger partial charge in [0.1, 0.15) is 17.6 Å². The van der Waals surface area contributed by atoms with Crippen LogP contribution < -0.4 is 15.6 Å². The van der Waals surface area contributed by atoms with Crippen molar-refractivity contribution in [2.45, 2.75) is 19.6 Å². The summed E-state index contributed by atoms with van der Waals surface area (Å²) in [6, 6.07) is 12.8. The van der Waals surface area contributed by atoms with Gasteiger partial charge in [-0.2, -0.15) is 13.9 Å². The Kier molecular flexibility index (Phi) is 5.96. The number of alkyl halides is 2. The van der Waals surface area contributed by atoms with Crippen molar-refractivity contribution in [2.75, 3.05) is 5.32 Å². The summed E-state index contributed by atoms with van der Waals surface area (Å²) in [5.41, 5.74) is 0.678. The van der Waals surface area contributed by atoms with Crippen LogP contribution >= 0.6 is 0 Å². The summed E-state index contributed by atoms with van der Waals surface area (Å²) in [6.45, 7) is -1.52. The van der Waals surface area contributed by atoms with Gasteiger partial charge >= 0.3 is 6.61 Å². The second-order valence-electron chi connectivity index (χ2n) is 6.08. The molecule has 29 heavy (non-hydrogen) atoms. The lowest BCUT2D eigenvalue weighted by molar-refractivity contribution is -0.119. The number of ether oxygens (including phenoxy) is 1. The van der Waals surface area contributed by atoms with Crippen LogP contribution in [0, 0.1) is 5.82 Å². The Morgan fingerprint density at radius 3 is 2.52 bits per heavy atom. The lowest BCUT2D eigenvalue weighted by Gasteiger charge is -2.15. The van der Waals surface area contributed by atoms with E-state index in [1.54, 1.807) is 0 Å². The first-order chi connectivity index (χ1) is 13.8. The number of amides is 1. The van der Waals surface area contributed by atoms with Crippen molar-refractivity contribution in [1.29, 1.82) is 0 Å². The van der Waals surface area contributed by atoms with Crippen molar-refractivity contribution < 1.29 is 22.7 Å². The van der Waals surface area contributed by atoms with Crippen LogP contribution in [0.15, 0.2) is 65.5 Å². The van der Waals surface area contributed by atoms with Gasteiger partial charge in [0.15, 0.2) is 0 Å². The van der Waals surface area contributed by atoms with E-state index in [2.05, 4.69) is 15.2 Å². The molecule has 0 spiro atoms. The second kappa shape index (κ2) is 8.59. The van der Waals surface area contributed by atoms with E-state index in [9.17, 15) is 22.8 Å². The zero-order chi connectivity index (χ0) is 21.0. The van der Waals surface area contributed by atoms with Gasteiger partial charge in [0.05, 0.1) is 5.69 Å². The summed E-state index contributed by atoms with van der Waals surface area (Å²) in [5.74, 6) is -1.10. The third kappa shape index (κ3) is 5.01. The quantitative estimate of drug-likeness (QED) is 0.679. The van der Waals surface area contributed by atoms with Crippen LogP contribution in [-0.4, -0.2) is 22.3 Å². The summed E-state index contributed by atoms with van der Waals surface area (Å²) in [6.07, 6.45) is 0. The Labute approximate surface area is 163 Å². The van der Waals surface area contributed by atoms with E-state index >= 15 is 0 Å². The average molecular weight is 403 g/mol. The molecule has 0 aliphatic carbocycles. The Morgan fingerprint density at radius 2 is 1.83 bits per heavy atom. The van der Waals surface area contributed by atoms with Crippen LogP contribution in [0.2, 0.25) is 0 Å². The van der Waals surface area contributed by atoms with Crippen LogP contribution in [-0.2, 0) is 4.79 Å². The van der Waals surface area contributed by atoms with Gasteiger partial charge in [-0.1, -0.05) is 6.07 Å². The molecular weight excluding hydrogens is 387 g/mol. The number of halogens is 3. The fourth-order valence-corrected chi connectivity index (χ4v) is 2.59. The molecule has 0 saturated carbocycles. The molecule has 2 aromatic carbocycles. The Hall–Kier alpha value is -3.62. The number of hydrogen-bond acceptors (Lipinski definition) is 4. The largest absolute Gasteiger partial charge is 0.435 e. The standard InChI is InChI=1S/C20H16F3N3O3/c1-12(19(28)24-15-3-2-4-16(11-15)29-20(22)23)26-18(27)10-9-17(25-26)13-5-7-14(21)8-6-13/h2-12,20H,1H3,(H,24,28). The van der Waals surface area contributed by atoms with E-state index in [1.807, 2.05) is 0 Å². The first-order valence-corrected chi connectivity index (χ1v) is 8.55. The Balaban J connectivity index is 1.81. The van der Waals surface area contributed by atoms with E-state index in [4.69, 9.17) is 0 Å². The molecule has 3 aromatic rings. The van der Waals surface area contributed by atoms with Gasteiger partial charge < -0.3 is 10.1 Å². The first kappa shape index (κ1) is 20.1. The minimum Gasteiger partial charge on any atom is -0.435 e. The number of benzene rings is 2. The molecule has 0 aliphatic rings. The van der Waals surface area contributed by atoms with E-state index in [1.165, 1.54) is 67.6 Å². The number of anilines is 1. The summed E-state index contributed by atoms with van der Waals surface area (Å²) < 4.78 is 43.1. The maximum atomic E-state index is 13.1. The monoisotopic (exact) mass is 403 g/mol. The second-order valence-corrected chi connectivity index (χ2v) is 6.08. The van der Waals surface area contributed by atoms with Crippen LogP contribution in [0.3, 0.4) is 0 Å². The van der Waals surface area contributed by atoms with E-state index < -0.39 is 29.9 Å². The minimum absolute atomic E-state index is 0.112. The molecular formula is C20H16F3N3O3. The lowest BCUT2D eigenvalue weighted by Crippen LogP contribution is -2.33. The predicted octanol–water partition coefficient (Wildman–Crippen LogP) is 3.85. The maximum absolute atomic E-state index is 13.1. The van der Waals surface area contributed by atoms with Gasteiger partial charge in [-0.25, -0.2) is 9.07 Å². The molecule has 1 amide bonds. The van der Waals surface area contributed by atoms with E-state index in [0.717, 1.165) is 4.68 Å². The Morgan fingerprint density at radius 1 is 1.10 bits per heavy atom. The molecule has 0 radical (unpaired) electrons. The SMILES string of the molecule is CC(C(=O)Nc1cccc(OC(F)F)c1)n1nc(-c2ccc(F)cc2)ccc1=O. The number of carbonyl (C=O) groups excluding carboxylic acids is 1. The molecule has 1 atom stereocenters. The molecule has 0 fully saturated rings. The summed E-state index contributed by atoms with van der Waals surface area (Å²) in [5, 5.41) is 6.72. The highest BCUT2D eigenvalue weighted by molar-refractivity contribution is 5.93. The van der Waals surface area contributed by atoms with Gasteiger partial charge in [0.25, 0.3) is 5.56 Å². The Bertz CT molecular complexity index is 1070. The minimum atomic E-state index is -2.99. The highest BCUT2D eigenvalue weighted by Gasteiger charge is 2.19. The zero-order valence-electron chi connectivity index (χ0n) is 15.2. The number of nitrogens with one attached hydrogen (secondary N) is 1. The molecule has 3 rings (SSSR count). The van der Waals surface area contributed by atoms with Gasteiger partial charge in [0.2, 0.25) is 5.91 Å². The van der Waals surface area contributed by atoms with Crippen molar-refractivity contribution in [1.82, 2.24) is 9.78 Å². The number of hydrogen-bond donors (Lipinski definition) is 1. The van der Waals surface area contributed by atoms with Crippen molar-refractivity contribution in [3.05, 3.63) is 76.8 Å². The van der Waals surface area contributed by atoms with Crippen molar-refractivity contribution in [3.8, 4) is 17.0 Å². The topological polar surface area (TPSA) is 73.2 Å². The zero-order valence-corrected chi connectivity index (χ0v) is 15.2. The fourth-order valence-electron chi connectivity index (χ4n) is 2.59.